The minimum atomic E-state index is -1.07. The van der Waals surface area contributed by atoms with E-state index >= 15 is 0 Å². The maximum Gasteiger partial charge on any atom is 0.161 e. The van der Waals surface area contributed by atoms with Gasteiger partial charge in [0.15, 0.2) is 5.78 Å². The summed E-state index contributed by atoms with van der Waals surface area (Å²) in [7, 11) is 0. The van der Waals surface area contributed by atoms with Gasteiger partial charge in [-0.05, 0) is 30.2 Å². The second-order valence-electron chi connectivity index (χ2n) is 4.87. The first kappa shape index (κ1) is 15.0. The topological polar surface area (TPSA) is 43.1 Å². The van der Waals surface area contributed by atoms with E-state index < -0.39 is 5.54 Å². The maximum atomic E-state index is 12.5. The lowest BCUT2D eigenvalue weighted by atomic mass is 9.86. The van der Waals surface area contributed by atoms with Gasteiger partial charge in [-0.3, -0.25) is 4.79 Å². The number of hydrogen-bond acceptors (Lipinski definition) is 2. The van der Waals surface area contributed by atoms with Crippen LogP contribution in [0.4, 0.5) is 0 Å². The Kier molecular flexibility index (Phi) is 4.48. The number of halogens is 2. The number of Topliss-reactive ketones (excluding diaryl/α,β-unsaturated/α-hetero) is 1. The number of benzene rings is 2. The Labute approximate surface area is 128 Å². The third kappa shape index (κ3) is 3.04. The Morgan fingerprint density at radius 3 is 2.15 bits per heavy atom. The molecule has 1 atom stereocenters. The molecule has 0 radical (unpaired) electrons. The summed E-state index contributed by atoms with van der Waals surface area (Å²) in [4.78, 5) is 12.5. The molecule has 0 fully saturated rings. The third-order valence-corrected chi connectivity index (χ3v) is 4.06. The molecule has 0 aliphatic carbocycles. The van der Waals surface area contributed by atoms with Gasteiger partial charge in [-0.1, -0.05) is 59.6 Å². The van der Waals surface area contributed by atoms with E-state index in [0.29, 0.717) is 15.6 Å². The predicted molar refractivity (Wildman–Crippen MR) is 83.2 cm³/mol. The monoisotopic (exact) mass is 307 g/mol. The lowest BCUT2D eigenvalue weighted by molar-refractivity contribution is -0.123. The zero-order valence-corrected chi connectivity index (χ0v) is 12.6. The van der Waals surface area contributed by atoms with Crippen LogP contribution in [-0.4, -0.2) is 5.78 Å². The van der Waals surface area contributed by atoms with E-state index in [1.807, 2.05) is 30.3 Å². The predicted octanol–water partition coefficient (Wildman–Crippen LogP) is 3.98. The zero-order valence-electron chi connectivity index (χ0n) is 11.1. The molecule has 0 aromatic heterocycles. The maximum absolute atomic E-state index is 12.5. The van der Waals surface area contributed by atoms with Crippen LogP contribution < -0.4 is 5.73 Å². The van der Waals surface area contributed by atoms with Gasteiger partial charge in [0.2, 0.25) is 0 Å². The molecule has 0 aliphatic rings. The van der Waals surface area contributed by atoms with Gasteiger partial charge in [0.05, 0.1) is 5.54 Å². The average molecular weight is 308 g/mol. The quantitative estimate of drug-likeness (QED) is 0.928. The Morgan fingerprint density at radius 2 is 1.60 bits per heavy atom. The van der Waals surface area contributed by atoms with Gasteiger partial charge in [-0.2, -0.15) is 0 Å². The van der Waals surface area contributed by atoms with E-state index in [-0.39, 0.29) is 12.2 Å². The summed E-state index contributed by atoms with van der Waals surface area (Å²) in [5, 5.41) is 0.962. The first-order valence-electron chi connectivity index (χ1n) is 6.23. The zero-order chi connectivity index (χ0) is 14.8. The Hall–Kier alpha value is -1.35. The number of carbonyl (C=O) groups is 1. The van der Waals surface area contributed by atoms with Crippen molar-refractivity contribution in [2.45, 2.75) is 18.9 Å². The van der Waals surface area contributed by atoms with Gasteiger partial charge in [0.25, 0.3) is 0 Å². The molecule has 20 heavy (non-hydrogen) atoms. The number of carbonyl (C=O) groups excluding carboxylic acids is 1. The fourth-order valence-electron chi connectivity index (χ4n) is 1.99. The van der Waals surface area contributed by atoms with Crippen LogP contribution in [0.5, 0.6) is 0 Å². The summed E-state index contributed by atoms with van der Waals surface area (Å²) in [5.74, 6) is -0.126. The van der Waals surface area contributed by atoms with Crippen molar-refractivity contribution in [2.24, 2.45) is 5.73 Å². The summed E-state index contributed by atoms with van der Waals surface area (Å²) >= 11 is 12.2. The van der Waals surface area contributed by atoms with Crippen molar-refractivity contribution in [3.8, 4) is 0 Å². The van der Waals surface area contributed by atoms with Crippen molar-refractivity contribution in [2.75, 3.05) is 0 Å². The van der Waals surface area contributed by atoms with Crippen LogP contribution in [0, 0.1) is 0 Å². The van der Waals surface area contributed by atoms with Crippen molar-refractivity contribution in [3.05, 3.63) is 69.7 Å². The lowest BCUT2D eigenvalue weighted by Crippen LogP contribution is -2.42. The number of hydrogen-bond donors (Lipinski definition) is 1. The smallest absolute Gasteiger partial charge is 0.161 e. The summed E-state index contributed by atoms with van der Waals surface area (Å²) in [6.07, 6.45) is 0.112. The summed E-state index contributed by atoms with van der Waals surface area (Å²) in [5.41, 5.74) is 6.52. The van der Waals surface area contributed by atoms with Crippen LogP contribution in [0.1, 0.15) is 18.1 Å². The molecule has 1 unspecified atom stereocenters. The third-order valence-electron chi connectivity index (χ3n) is 3.35. The van der Waals surface area contributed by atoms with Crippen LogP contribution in [0.2, 0.25) is 10.0 Å². The average Bonchev–Trinajstić information content (AvgIpc) is 2.43. The molecule has 2 N–H and O–H groups in total. The van der Waals surface area contributed by atoms with Crippen LogP contribution in [0.15, 0.2) is 48.5 Å². The van der Waals surface area contributed by atoms with E-state index in [9.17, 15) is 4.79 Å². The first-order chi connectivity index (χ1) is 9.43. The molecule has 0 heterocycles. The fraction of sp³-hybridized carbons (Fsp3) is 0.188. The second-order valence-corrected chi connectivity index (χ2v) is 5.68. The normalized spacial score (nSPS) is 13.8. The highest BCUT2D eigenvalue weighted by Gasteiger charge is 2.30. The Balaban J connectivity index is 2.28. The highest BCUT2D eigenvalue weighted by molar-refractivity contribution is 6.36. The molecular weight excluding hydrogens is 293 g/mol. The van der Waals surface area contributed by atoms with Crippen LogP contribution in [0.25, 0.3) is 0 Å². The van der Waals surface area contributed by atoms with Crippen molar-refractivity contribution in [1.29, 1.82) is 0 Å². The molecule has 0 saturated carbocycles. The molecule has 2 rings (SSSR count). The molecule has 4 heteroatoms. The highest BCUT2D eigenvalue weighted by Crippen LogP contribution is 2.28. The van der Waals surface area contributed by atoms with E-state index in [1.165, 1.54) is 0 Å². The van der Waals surface area contributed by atoms with E-state index in [1.54, 1.807) is 25.1 Å². The van der Waals surface area contributed by atoms with Gasteiger partial charge < -0.3 is 5.73 Å². The molecule has 0 bridgehead atoms. The number of nitrogens with two attached hydrogens (primary N) is 1. The van der Waals surface area contributed by atoms with Gasteiger partial charge in [0.1, 0.15) is 0 Å². The molecule has 2 aromatic carbocycles. The molecule has 0 amide bonds. The molecule has 2 nitrogen and oxygen atoms in total. The molecule has 2 aromatic rings. The summed E-state index contributed by atoms with van der Waals surface area (Å²) in [6, 6.07) is 14.5. The molecular formula is C16H15Cl2NO. The lowest BCUT2D eigenvalue weighted by Gasteiger charge is -2.24. The second kappa shape index (κ2) is 5.96. The molecule has 0 saturated heterocycles. The van der Waals surface area contributed by atoms with Gasteiger partial charge >= 0.3 is 0 Å². The van der Waals surface area contributed by atoms with Crippen molar-refractivity contribution in [1.82, 2.24) is 0 Å². The SMILES string of the molecule is CC(N)(C(=O)Cc1c(Cl)cccc1Cl)c1ccccc1. The van der Waals surface area contributed by atoms with Crippen LogP contribution >= 0.6 is 23.2 Å². The Bertz CT molecular complexity index is 603. The molecule has 104 valence electrons. The summed E-state index contributed by atoms with van der Waals surface area (Å²) in [6.45, 7) is 1.70. The molecule has 0 spiro atoms. The summed E-state index contributed by atoms with van der Waals surface area (Å²) < 4.78 is 0. The minimum Gasteiger partial charge on any atom is -0.315 e. The number of rotatable bonds is 4. The van der Waals surface area contributed by atoms with E-state index in [2.05, 4.69) is 0 Å². The largest absolute Gasteiger partial charge is 0.315 e. The fourth-order valence-corrected chi connectivity index (χ4v) is 2.52. The van der Waals surface area contributed by atoms with E-state index in [0.717, 1.165) is 5.56 Å². The number of ketones is 1. The van der Waals surface area contributed by atoms with Gasteiger partial charge in [-0.15, -0.1) is 0 Å². The van der Waals surface area contributed by atoms with Crippen LogP contribution in [0.3, 0.4) is 0 Å². The van der Waals surface area contributed by atoms with Crippen molar-refractivity contribution < 1.29 is 4.79 Å². The standard InChI is InChI=1S/C16H15Cl2NO/c1-16(19,11-6-3-2-4-7-11)15(20)10-12-13(17)8-5-9-14(12)18/h2-9H,10,19H2,1H3. The van der Waals surface area contributed by atoms with Crippen molar-refractivity contribution >= 4 is 29.0 Å². The molecule has 0 aliphatic heterocycles. The first-order valence-corrected chi connectivity index (χ1v) is 6.99. The van der Waals surface area contributed by atoms with Gasteiger partial charge in [-0.25, -0.2) is 0 Å². The van der Waals surface area contributed by atoms with Crippen molar-refractivity contribution in [3.63, 3.8) is 0 Å². The minimum absolute atomic E-state index is 0.112. The van der Waals surface area contributed by atoms with Crippen LogP contribution in [-0.2, 0) is 16.8 Å². The van der Waals surface area contributed by atoms with E-state index in [4.69, 9.17) is 28.9 Å². The van der Waals surface area contributed by atoms with Gasteiger partial charge in [0, 0.05) is 16.5 Å². The highest BCUT2D eigenvalue weighted by atomic mass is 35.5. The Morgan fingerprint density at radius 1 is 1.05 bits per heavy atom.